The number of nitrogens with one attached hydrogen (secondary N) is 1. The summed E-state index contributed by atoms with van der Waals surface area (Å²) in [6.07, 6.45) is 2.13. The summed E-state index contributed by atoms with van der Waals surface area (Å²) in [5.74, 6) is 1.14. The van der Waals surface area contributed by atoms with Gasteiger partial charge in [0.15, 0.2) is 0 Å². The molecule has 1 N–H and O–H groups in total. The average molecular weight is 252 g/mol. The summed E-state index contributed by atoms with van der Waals surface area (Å²) in [4.78, 5) is 2.37. The van der Waals surface area contributed by atoms with Gasteiger partial charge in [-0.1, -0.05) is 0 Å². The maximum atomic E-state index is 5.35. The maximum absolute atomic E-state index is 5.35. The molecule has 0 aromatic heterocycles. The Morgan fingerprint density at radius 2 is 1.94 bits per heavy atom. The van der Waals surface area contributed by atoms with E-state index >= 15 is 0 Å². The molecule has 3 nitrogen and oxygen atoms in total. The second-order valence-electron chi connectivity index (χ2n) is 4.07. The molecule has 1 aliphatic rings. The first-order valence-electron chi connectivity index (χ1n) is 6.06. The molecule has 0 atom stereocenters. The average Bonchev–Trinajstić information content (AvgIpc) is 2.41. The minimum Gasteiger partial charge on any atom is -0.384 e. The van der Waals surface area contributed by atoms with Crippen molar-refractivity contribution < 1.29 is 4.74 Å². The van der Waals surface area contributed by atoms with Crippen molar-refractivity contribution in [3.63, 3.8) is 0 Å². The van der Waals surface area contributed by atoms with Crippen LogP contribution in [0.3, 0.4) is 0 Å². The first-order chi connectivity index (χ1) is 8.40. The van der Waals surface area contributed by atoms with Crippen LogP contribution in [0, 0.1) is 0 Å². The van der Waals surface area contributed by atoms with Crippen molar-refractivity contribution in [2.45, 2.75) is 0 Å². The Balaban J connectivity index is 1.88. The number of morpholine rings is 1. The summed E-state index contributed by atoms with van der Waals surface area (Å²) in [5, 5.41) is 3.41. The van der Waals surface area contributed by atoms with Gasteiger partial charge in [0.2, 0.25) is 0 Å². The first kappa shape index (κ1) is 12.6. The van der Waals surface area contributed by atoms with Crippen molar-refractivity contribution in [3.05, 3.63) is 24.3 Å². The Morgan fingerprint density at radius 3 is 2.59 bits per heavy atom. The van der Waals surface area contributed by atoms with Crippen molar-refractivity contribution in [1.82, 2.24) is 0 Å². The summed E-state index contributed by atoms with van der Waals surface area (Å²) in [6, 6.07) is 8.69. The van der Waals surface area contributed by atoms with Crippen LogP contribution in [0.2, 0.25) is 0 Å². The van der Waals surface area contributed by atoms with Crippen molar-refractivity contribution >= 4 is 23.1 Å². The zero-order valence-electron chi connectivity index (χ0n) is 10.3. The smallest absolute Gasteiger partial charge is 0.0642 e. The van der Waals surface area contributed by atoms with Gasteiger partial charge in [-0.25, -0.2) is 0 Å². The van der Waals surface area contributed by atoms with Gasteiger partial charge in [-0.15, -0.1) is 0 Å². The number of benzene rings is 1. The number of anilines is 2. The molecule has 1 aromatic rings. The van der Waals surface area contributed by atoms with Crippen LogP contribution >= 0.6 is 11.8 Å². The maximum Gasteiger partial charge on any atom is 0.0642 e. The highest BCUT2D eigenvalue weighted by Crippen LogP contribution is 2.18. The van der Waals surface area contributed by atoms with Gasteiger partial charge in [-0.05, 0) is 30.5 Å². The standard InChI is InChI=1S/C13H20N2OS/c1-17-11-6-14-12-2-4-13(5-3-12)15-7-9-16-10-8-15/h2-5,14H,6-11H2,1H3. The molecule has 4 heteroatoms. The van der Waals surface area contributed by atoms with E-state index < -0.39 is 0 Å². The molecule has 1 aromatic carbocycles. The number of hydrogen-bond donors (Lipinski definition) is 1. The van der Waals surface area contributed by atoms with E-state index in [1.54, 1.807) is 0 Å². The third-order valence-electron chi connectivity index (χ3n) is 2.88. The predicted octanol–water partition coefficient (Wildman–Crippen LogP) is 2.30. The van der Waals surface area contributed by atoms with Gasteiger partial charge >= 0.3 is 0 Å². The predicted molar refractivity (Wildman–Crippen MR) is 76.3 cm³/mol. The fourth-order valence-corrected chi connectivity index (χ4v) is 2.22. The molecule has 0 aliphatic carbocycles. The van der Waals surface area contributed by atoms with Crippen LogP contribution in [-0.2, 0) is 4.74 Å². The van der Waals surface area contributed by atoms with Crippen LogP contribution in [0.25, 0.3) is 0 Å². The lowest BCUT2D eigenvalue weighted by molar-refractivity contribution is 0.122. The molecule has 17 heavy (non-hydrogen) atoms. The number of thioether (sulfide) groups is 1. The van der Waals surface area contributed by atoms with Gasteiger partial charge < -0.3 is 15.0 Å². The van der Waals surface area contributed by atoms with Gasteiger partial charge in [0.1, 0.15) is 0 Å². The fraction of sp³-hybridized carbons (Fsp3) is 0.538. The van der Waals surface area contributed by atoms with Gasteiger partial charge in [0.05, 0.1) is 13.2 Å². The monoisotopic (exact) mass is 252 g/mol. The molecule has 1 heterocycles. The third kappa shape index (κ3) is 3.82. The number of hydrogen-bond acceptors (Lipinski definition) is 4. The summed E-state index contributed by atoms with van der Waals surface area (Å²) in [5.41, 5.74) is 2.50. The van der Waals surface area contributed by atoms with Crippen molar-refractivity contribution in [3.8, 4) is 0 Å². The van der Waals surface area contributed by atoms with E-state index in [9.17, 15) is 0 Å². The van der Waals surface area contributed by atoms with E-state index in [-0.39, 0.29) is 0 Å². The summed E-state index contributed by atoms with van der Waals surface area (Å²) in [7, 11) is 0. The number of nitrogens with zero attached hydrogens (tertiary/aromatic N) is 1. The zero-order chi connectivity index (χ0) is 11.9. The molecule has 1 aliphatic heterocycles. The van der Waals surface area contributed by atoms with Crippen LogP contribution < -0.4 is 10.2 Å². The van der Waals surface area contributed by atoms with Gasteiger partial charge in [-0.3, -0.25) is 0 Å². The molecule has 0 amide bonds. The highest BCUT2D eigenvalue weighted by Gasteiger charge is 2.10. The largest absolute Gasteiger partial charge is 0.384 e. The summed E-state index contributed by atoms with van der Waals surface area (Å²) >= 11 is 1.86. The fourth-order valence-electron chi connectivity index (χ4n) is 1.91. The highest BCUT2D eigenvalue weighted by molar-refractivity contribution is 7.98. The molecule has 0 radical (unpaired) electrons. The quantitative estimate of drug-likeness (QED) is 0.813. The van der Waals surface area contributed by atoms with Crippen LogP contribution in [0.15, 0.2) is 24.3 Å². The Morgan fingerprint density at radius 1 is 1.24 bits per heavy atom. The lowest BCUT2D eigenvalue weighted by Crippen LogP contribution is -2.36. The highest BCUT2D eigenvalue weighted by atomic mass is 32.2. The van der Waals surface area contributed by atoms with Gasteiger partial charge in [0, 0.05) is 36.8 Å². The van der Waals surface area contributed by atoms with Crippen molar-refractivity contribution in [2.24, 2.45) is 0 Å². The Labute approximate surface area is 108 Å². The first-order valence-corrected chi connectivity index (χ1v) is 7.45. The second kappa shape index (κ2) is 6.77. The molecule has 2 rings (SSSR count). The number of ether oxygens (including phenoxy) is 1. The molecule has 0 saturated carbocycles. The van der Waals surface area contributed by atoms with E-state index in [2.05, 4.69) is 40.7 Å². The molecule has 0 bridgehead atoms. The Hall–Kier alpha value is -0.870. The topological polar surface area (TPSA) is 24.5 Å². The molecule has 0 spiro atoms. The number of rotatable bonds is 5. The zero-order valence-corrected chi connectivity index (χ0v) is 11.1. The molecule has 1 saturated heterocycles. The van der Waals surface area contributed by atoms with E-state index in [4.69, 9.17) is 4.74 Å². The minimum atomic E-state index is 0.841. The van der Waals surface area contributed by atoms with Crippen LogP contribution in [-0.4, -0.2) is 44.9 Å². The Bertz CT molecular complexity index is 323. The molecular formula is C13H20N2OS. The minimum absolute atomic E-state index is 0.841. The lowest BCUT2D eigenvalue weighted by Gasteiger charge is -2.28. The normalized spacial score (nSPS) is 15.9. The summed E-state index contributed by atoms with van der Waals surface area (Å²) < 4.78 is 5.35. The van der Waals surface area contributed by atoms with Crippen molar-refractivity contribution in [1.29, 1.82) is 0 Å². The van der Waals surface area contributed by atoms with E-state index in [0.29, 0.717) is 0 Å². The molecular weight excluding hydrogens is 232 g/mol. The lowest BCUT2D eigenvalue weighted by atomic mass is 10.2. The van der Waals surface area contributed by atoms with Crippen LogP contribution in [0.1, 0.15) is 0 Å². The van der Waals surface area contributed by atoms with E-state index in [1.165, 1.54) is 11.4 Å². The SMILES string of the molecule is CSCCNc1ccc(N2CCOCC2)cc1. The van der Waals surface area contributed by atoms with E-state index in [1.807, 2.05) is 11.8 Å². The molecule has 94 valence electrons. The summed E-state index contributed by atoms with van der Waals surface area (Å²) in [6.45, 7) is 4.71. The van der Waals surface area contributed by atoms with E-state index in [0.717, 1.165) is 38.6 Å². The third-order valence-corrected chi connectivity index (χ3v) is 3.49. The molecule has 0 unspecified atom stereocenters. The van der Waals surface area contributed by atoms with Gasteiger partial charge in [0.25, 0.3) is 0 Å². The second-order valence-corrected chi connectivity index (χ2v) is 5.05. The molecule has 1 fully saturated rings. The van der Waals surface area contributed by atoms with Crippen molar-refractivity contribution in [2.75, 3.05) is 55.1 Å². The van der Waals surface area contributed by atoms with Crippen LogP contribution in [0.5, 0.6) is 0 Å². The Kier molecular flexibility index (Phi) is 5.01. The van der Waals surface area contributed by atoms with Gasteiger partial charge in [-0.2, -0.15) is 11.8 Å². The van der Waals surface area contributed by atoms with Crippen LogP contribution in [0.4, 0.5) is 11.4 Å².